The van der Waals surface area contributed by atoms with Crippen LogP contribution in [0.5, 0.6) is 0 Å². The molecule has 26 heavy (non-hydrogen) atoms. The van der Waals surface area contributed by atoms with Gasteiger partial charge >= 0.3 is 0 Å². The van der Waals surface area contributed by atoms with Gasteiger partial charge in [0, 0.05) is 17.0 Å². The van der Waals surface area contributed by atoms with Crippen molar-refractivity contribution in [3.63, 3.8) is 0 Å². The van der Waals surface area contributed by atoms with Gasteiger partial charge in [-0.3, -0.25) is 4.79 Å². The second kappa shape index (κ2) is 8.34. The smallest absolute Gasteiger partial charge is 0.233 e. The molecule has 1 saturated heterocycles. The van der Waals surface area contributed by atoms with Crippen LogP contribution in [0.4, 0.5) is 0 Å². The number of aryl methyl sites for hydroxylation is 2. The number of nitrogens with zero attached hydrogens (tertiary/aromatic N) is 1. The Labute approximate surface area is 162 Å². The number of hydrogen-bond acceptors (Lipinski definition) is 4. The van der Waals surface area contributed by atoms with E-state index in [1.54, 1.807) is 11.8 Å². The summed E-state index contributed by atoms with van der Waals surface area (Å²) in [6.07, 6.45) is 1.39. The summed E-state index contributed by atoms with van der Waals surface area (Å²) >= 11 is 1.58. The fourth-order valence-electron chi connectivity index (χ4n) is 3.61. The van der Waals surface area contributed by atoms with Gasteiger partial charge in [0.15, 0.2) is 9.84 Å². The number of benzene rings is 1. The van der Waals surface area contributed by atoms with Crippen LogP contribution >= 0.6 is 11.8 Å². The van der Waals surface area contributed by atoms with Gasteiger partial charge in [0.25, 0.3) is 0 Å². The van der Waals surface area contributed by atoms with E-state index in [9.17, 15) is 13.2 Å². The Hall–Kier alpha value is -1.01. The standard InChI is InChI=1S/C20H31NO3S2/c1-7-15(4)21(18-8-9-26(23,24)12-18)19(22)11-25-20-16(5)13(2)10-14(3)17(20)6/h10,15,18H,7-9,11-12H2,1-6H3. The van der Waals surface area contributed by atoms with E-state index in [2.05, 4.69) is 33.8 Å². The first-order valence-corrected chi connectivity index (χ1v) is 12.1. The van der Waals surface area contributed by atoms with Gasteiger partial charge in [-0.15, -0.1) is 11.8 Å². The summed E-state index contributed by atoms with van der Waals surface area (Å²) in [7, 11) is -3.01. The minimum Gasteiger partial charge on any atom is -0.335 e. The van der Waals surface area contributed by atoms with E-state index in [-0.39, 0.29) is 29.5 Å². The maximum absolute atomic E-state index is 13.0. The Morgan fingerprint density at radius 1 is 1.23 bits per heavy atom. The summed E-state index contributed by atoms with van der Waals surface area (Å²) in [5.41, 5.74) is 4.93. The molecule has 1 heterocycles. The first kappa shape index (κ1) is 21.3. The zero-order chi connectivity index (χ0) is 19.6. The van der Waals surface area contributed by atoms with Crippen molar-refractivity contribution in [3.05, 3.63) is 28.3 Å². The summed E-state index contributed by atoms with van der Waals surface area (Å²) in [4.78, 5) is 16.0. The van der Waals surface area contributed by atoms with Gasteiger partial charge in [-0.25, -0.2) is 8.42 Å². The van der Waals surface area contributed by atoms with Crippen LogP contribution in [0.25, 0.3) is 0 Å². The molecule has 0 aromatic heterocycles. The third-order valence-electron chi connectivity index (χ3n) is 5.59. The zero-order valence-electron chi connectivity index (χ0n) is 16.8. The molecular formula is C20H31NO3S2. The Morgan fingerprint density at radius 2 is 1.81 bits per heavy atom. The monoisotopic (exact) mass is 397 g/mol. The van der Waals surface area contributed by atoms with Gasteiger partial charge < -0.3 is 4.90 Å². The average molecular weight is 398 g/mol. The van der Waals surface area contributed by atoms with Crippen molar-refractivity contribution in [3.8, 4) is 0 Å². The summed E-state index contributed by atoms with van der Waals surface area (Å²) in [5, 5.41) is 0. The summed E-state index contributed by atoms with van der Waals surface area (Å²) < 4.78 is 23.8. The lowest BCUT2D eigenvalue weighted by Crippen LogP contribution is -2.47. The Kier molecular flexibility index (Phi) is 6.83. The van der Waals surface area contributed by atoms with E-state index in [4.69, 9.17) is 0 Å². The Balaban J connectivity index is 2.19. The van der Waals surface area contributed by atoms with Gasteiger partial charge in [0.1, 0.15) is 0 Å². The lowest BCUT2D eigenvalue weighted by molar-refractivity contribution is -0.132. The molecule has 1 aromatic carbocycles. The van der Waals surface area contributed by atoms with Crippen molar-refractivity contribution in [2.45, 2.75) is 71.4 Å². The first-order chi connectivity index (χ1) is 12.1. The molecule has 1 aromatic rings. The molecule has 1 fully saturated rings. The number of thioether (sulfide) groups is 1. The number of carbonyl (C=O) groups is 1. The van der Waals surface area contributed by atoms with E-state index < -0.39 is 9.84 Å². The molecule has 0 radical (unpaired) electrons. The lowest BCUT2D eigenvalue weighted by Gasteiger charge is -2.33. The molecule has 6 heteroatoms. The van der Waals surface area contributed by atoms with Crippen LogP contribution in [-0.2, 0) is 14.6 Å². The van der Waals surface area contributed by atoms with E-state index in [0.29, 0.717) is 12.2 Å². The molecule has 0 saturated carbocycles. The number of amides is 1. The fraction of sp³-hybridized carbons (Fsp3) is 0.650. The maximum atomic E-state index is 13.0. The minimum atomic E-state index is -3.01. The van der Waals surface area contributed by atoms with Crippen molar-refractivity contribution in [1.82, 2.24) is 4.90 Å². The van der Waals surface area contributed by atoms with E-state index >= 15 is 0 Å². The quantitative estimate of drug-likeness (QED) is 0.685. The van der Waals surface area contributed by atoms with Crippen LogP contribution in [0.15, 0.2) is 11.0 Å². The molecule has 2 rings (SSSR count). The molecule has 1 amide bonds. The third-order valence-corrected chi connectivity index (χ3v) is 8.64. The predicted octanol–water partition coefficient (Wildman–Crippen LogP) is 3.83. The van der Waals surface area contributed by atoms with E-state index in [1.807, 2.05) is 18.7 Å². The number of hydrogen-bond donors (Lipinski definition) is 0. The number of rotatable bonds is 6. The van der Waals surface area contributed by atoms with Crippen molar-refractivity contribution in [2.24, 2.45) is 0 Å². The third kappa shape index (κ3) is 4.63. The van der Waals surface area contributed by atoms with Crippen molar-refractivity contribution in [2.75, 3.05) is 17.3 Å². The van der Waals surface area contributed by atoms with Crippen molar-refractivity contribution >= 4 is 27.5 Å². The van der Waals surface area contributed by atoms with Crippen molar-refractivity contribution < 1.29 is 13.2 Å². The van der Waals surface area contributed by atoms with Crippen LogP contribution in [0.3, 0.4) is 0 Å². The Bertz CT molecular complexity index is 760. The highest BCUT2D eigenvalue weighted by molar-refractivity contribution is 8.00. The molecule has 4 nitrogen and oxygen atoms in total. The van der Waals surface area contributed by atoms with Gasteiger partial charge in [0.05, 0.1) is 17.3 Å². The van der Waals surface area contributed by atoms with Crippen LogP contribution in [0.2, 0.25) is 0 Å². The topological polar surface area (TPSA) is 54.5 Å². The molecule has 1 aliphatic heterocycles. The highest BCUT2D eigenvalue weighted by Gasteiger charge is 2.36. The molecule has 2 atom stereocenters. The van der Waals surface area contributed by atoms with E-state index in [1.165, 1.54) is 27.1 Å². The Morgan fingerprint density at radius 3 is 2.27 bits per heavy atom. The normalized spacial score (nSPS) is 20.2. The van der Waals surface area contributed by atoms with Crippen LogP contribution in [0.1, 0.15) is 48.9 Å². The highest BCUT2D eigenvalue weighted by atomic mass is 32.2. The van der Waals surface area contributed by atoms with Gasteiger partial charge in [0.2, 0.25) is 5.91 Å². The number of sulfone groups is 1. The largest absolute Gasteiger partial charge is 0.335 e. The summed E-state index contributed by atoms with van der Waals surface area (Å²) in [6, 6.07) is 2.07. The second-order valence-corrected chi connectivity index (χ2v) is 10.7. The summed E-state index contributed by atoms with van der Waals surface area (Å²) in [5.74, 6) is 0.700. The lowest BCUT2D eigenvalue weighted by atomic mass is 10.0. The zero-order valence-corrected chi connectivity index (χ0v) is 18.4. The van der Waals surface area contributed by atoms with Crippen LogP contribution in [0, 0.1) is 27.7 Å². The first-order valence-electron chi connectivity index (χ1n) is 9.29. The molecule has 0 aliphatic carbocycles. The molecule has 0 bridgehead atoms. The van der Waals surface area contributed by atoms with Crippen molar-refractivity contribution in [1.29, 1.82) is 0 Å². The molecular weight excluding hydrogens is 366 g/mol. The predicted molar refractivity (Wildman–Crippen MR) is 110 cm³/mol. The average Bonchev–Trinajstić information content (AvgIpc) is 2.92. The minimum absolute atomic E-state index is 0.0457. The highest BCUT2D eigenvalue weighted by Crippen LogP contribution is 2.32. The van der Waals surface area contributed by atoms with E-state index in [0.717, 1.165) is 6.42 Å². The van der Waals surface area contributed by atoms with Gasteiger partial charge in [-0.2, -0.15) is 0 Å². The van der Waals surface area contributed by atoms with Crippen LogP contribution < -0.4 is 0 Å². The van der Waals surface area contributed by atoms with Crippen LogP contribution in [-0.4, -0.2) is 48.6 Å². The molecule has 0 N–H and O–H groups in total. The molecule has 0 spiro atoms. The SMILES string of the molecule is CCC(C)N(C(=O)CSc1c(C)c(C)cc(C)c1C)C1CCS(=O)(=O)C1. The maximum Gasteiger partial charge on any atom is 0.233 e. The second-order valence-electron chi connectivity index (χ2n) is 7.49. The molecule has 146 valence electrons. The van der Waals surface area contributed by atoms with Gasteiger partial charge in [-0.05, 0) is 69.7 Å². The number of carbonyl (C=O) groups excluding carboxylic acids is 1. The fourth-order valence-corrected chi connectivity index (χ4v) is 6.49. The van der Waals surface area contributed by atoms with Gasteiger partial charge in [-0.1, -0.05) is 13.0 Å². The molecule has 1 aliphatic rings. The summed E-state index contributed by atoms with van der Waals surface area (Å²) in [6.45, 7) is 12.5. The molecule has 2 unspecified atom stereocenters.